The minimum absolute atomic E-state index is 0.0634. The summed E-state index contributed by atoms with van der Waals surface area (Å²) in [4.78, 5) is 48.6. The predicted molar refractivity (Wildman–Crippen MR) is 143 cm³/mol. The molecule has 0 bridgehead atoms. The van der Waals surface area contributed by atoms with Gasteiger partial charge in [0.25, 0.3) is 11.8 Å². The van der Waals surface area contributed by atoms with Gasteiger partial charge < -0.3 is 31.2 Å². The van der Waals surface area contributed by atoms with Crippen LogP contribution in [0.1, 0.15) is 25.2 Å². The van der Waals surface area contributed by atoms with Gasteiger partial charge in [-0.2, -0.15) is 8.42 Å². The number of anilines is 1. The lowest BCUT2D eigenvalue weighted by Gasteiger charge is -2.43. The van der Waals surface area contributed by atoms with Gasteiger partial charge in [0.2, 0.25) is 5.60 Å². The zero-order valence-electron chi connectivity index (χ0n) is 22.1. The summed E-state index contributed by atoms with van der Waals surface area (Å²) in [6.45, 7) is 6.53. The van der Waals surface area contributed by atoms with Crippen molar-refractivity contribution in [3.05, 3.63) is 23.0 Å². The number of hydrogen-bond acceptors (Lipinski definition) is 14. The molecule has 0 aliphatic carbocycles. The summed E-state index contributed by atoms with van der Waals surface area (Å²) in [5.41, 5.74) is 3.91. The molecule has 0 aromatic carbocycles. The van der Waals surface area contributed by atoms with E-state index in [1.54, 1.807) is 6.20 Å². The molecule has 0 spiro atoms. The number of carboxylic acid groups (broad SMARTS) is 1. The fourth-order valence-electron chi connectivity index (χ4n) is 4.09. The standard InChI is InChI=1S/C21H30N10O8S2/c1-21(2,19(34)35)39-27-15(13-11-40-20(22)24-13)17(32)25-16-14(31(18(16)33)41(36,37)38)10-30-9-12(26-28-30)3-6-29-7-4-23-5-8-29/h9,11,14,16,23H,3-8,10H2,1-2H3,(H2,22,24)(H,25,32)(H,34,35)(H,36,37,38)/t14-,16+/m1/s1. The first-order valence-corrected chi connectivity index (χ1v) is 14.7. The number of nitrogen functional groups attached to an aromatic ring is 1. The number of carboxylic acids is 1. The highest BCUT2D eigenvalue weighted by atomic mass is 32.2. The first kappa shape index (κ1) is 30.2. The molecule has 2 saturated heterocycles. The number of nitrogens with zero attached hydrogens (tertiary/aromatic N) is 7. The summed E-state index contributed by atoms with van der Waals surface area (Å²) in [5.74, 6) is -3.49. The highest BCUT2D eigenvalue weighted by Gasteiger charge is 2.54. The Morgan fingerprint density at radius 3 is 2.66 bits per heavy atom. The van der Waals surface area contributed by atoms with E-state index in [-0.39, 0.29) is 21.7 Å². The van der Waals surface area contributed by atoms with Crippen LogP contribution in [0, 0.1) is 0 Å². The van der Waals surface area contributed by atoms with E-state index in [1.165, 1.54) is 23.9 Å². The van der Waals surface area contributed by atoms with Crippen LogP contribution >= 0.6 is 11.3 Å². The molecular formula is C21H30N10O8S2. The zero-order valence-corrected chi connectivity index (χ0v) is 23.8. The van der Waals surface area contributed by atoms with Crippen molar-refractivity contribution in [3.63, 3.8) is 0 Å². The van der Waals surface area contributed by atoms with Gasteiger partial charge in [-0.1, -0.05) is 10.4 Å². The first-order chi connectivity index (χ1) is 19.3. The Morgan fingerprint density at radius 1 is 1.34 bits per heavy atom. The molecule has 2 amide bonds. The molecule has 2 aromatic rings. The molecule has 18 nitrogen and oxygen atoms in total. The maximum absolute atomic E-state index is 13.2. The molecule has 2 aliphatic heterocycles. The number of oxime groups is 1. The third kappa shape index (κ3) is 7.14. The predicted octanol–water partition coefficient (Wildman–Crippen LogP) is -2.45. The number of piperazine rings is 1. The number of carbonyl (C=O) groups excluding carboxylic acids is 2. The van der Waals surface area contributed by atoms with Gasteiger partial charge in [0.1, 0.15) is 11.7 Å². The van der Waals surface area contributed by atoms with Gasteiger partial charge in [-0.25, -0.2) is 14.1 Å². The molecule has 41 heavy (non-hydrogen) atoms. The van der Waals surface area contributed by atoms with E-state index in [1.807, 2.05) is 0 Å². The summed E-state index contributed by atoms with van der Waals surface area (Å²) < 4.78 is 35.1. The molecule has 2 atom stereocenters. The SMILES string of the molecule is CC(C)(ON=C(C(=O)N[C@@H]1C(=O)N(S(=O)(=O)O)[C@@H]1Cn1cc(CCN2CCNCC2)nn1)c1csc(N)n1)C(=O)O. The average molecular weight is 615 g/mol. The van der Waals surface area contributed by atoms with Gasteiger partial charge in [0, 0.05) is 50.7 Å². The van der Waals surface area contributed by atoms with E-state index in [9.17, 15) is 32.5 Å². The molecule has 0 unspecified atom stereocenters. The highest BCUT2D eigenvalue weighted by Crippen LogP contribution is 2.25. The number of β-lactam (4-membered cyclic amide) rings is 1. The molecule has 0 radical (unpaired) electrons. The second-order valence-corrected chi connectivity index (χ2v) is 12.0. The van der Waals surface area contributed by atoms with Crippen molar-refractivity contribution in [3.8, 4) is 0 Å². The Bertz CT molecular complexity index is 1430. The normalized spacial score (nSPS) is 20.5. The largest absolute Gasteiger partial charge is 0.478 e. The summed E-state index contributed by atoms with van der Waals surface area (Å²) in [7, 11) is -4.97. The lowest BCUT2D eigenvalue weighted by atomic mass is 9.98. The Kier molecular flexibility index (Phi) is 8.87. The highest BCUT2D eigenvalue weighted by molar-refractivity contribution is 7.84. The number of nitrogens with one attached hydrogen (secondary N) is 2. The number of carbonyl (C=O) groups is 3. The van der Waals surface area contributed by atoms with Crippen LogP contribution in [-0.4, -0.2) is 121 Å². The number of aromatic nitrogens is 4. The Balaban J connectivity index is 1.50. The fourth-order valence-corrected chi connectivity index (χ4v) is 5.51. The van der Waals surface area contributed by atoms with Crippen molar-refractivity contribution in [2.24, 2.45) is 5.16 Å². The lowest BCUT2D eigenvalue weighted by Crippen LogP contribution is -2.73. The third-order valence-electron chi connectivity index (χ3n) is 6.42. The zero-order chi connectivity index (χ0) is 29.9. The van der Waals surface area contributed by atoms with Crippen LogP contribution in [0.25, 0.3) is 0 Å². The van der Waals surface area contributed by atoms with Crippen LogP contribution < -0.4 is 16.4 Å². The van der Waals surface area contributed by atoms with Gasteiger partial charge in [0.15, 0.2) is 10.8 Å². The molecule has 20 heteroatoms. The summed E-state index contributed by atoms with van der Waals surface area (Å²) >= 11 is 0.972. The van der Waals surface area contributed by atoms with Crippen LogP contribution in [-0.2, 0) is 42.5 Å². The molecule has 2 aromatic heterocycles. The number of thiazole rings is 1. The molecule has 2 aliphatic rings. The molecular weight excluding hydrogens is 584 g/mol. The Morgan fingerprint density at radius 2 is 2.05 bits per heavy atom. The van der Waals surface area contributed by atoms with Gasteiger partial charge >= 0.3 is 16.3 Å². The minimum atomic E-state index is -4.97. The van der Waals surface area contributed by atoms with Crippen LogP contribution in [0.2, 0.25) is 0 Å². The van der Waals surface area contributed by atoms with Crippen LogP contribution in [0.3, 0.4) is 0 Å². The van der Waals surface area contributed by atoms with E-state index < -0.39 is 51.5 Å². The van der Waals surface area contributed by atoms with Crippen LogP contribution in [0.15, 0.2) is 16.7 Å². The first-order valence-electron chi connectivity index (χ1n) is 12.4. The van der Waals surface area contributed by atoms with Crippen molar-refractivity contribution >= 4 is 50.3 Å². The van der Waals surface area contributed by atoms with Crippen LogP contribution in [0.4, 0.5) is 5.13 Å². The van der Waals surface area contributed by atoms with Gasteiger partial charge in [-0.05, 0) is 13.8 Å². The van der Waals surface area contributed by atoms with E-state index >= 15 is 0 Å². The summed E-state index contributed by atoms with van der Waals surface area (Å²) in [6, 6.07) is -2.69. The van der Waals surface area contributed by atoms with E-state index in [2.05, 4.69) is 36.0 Å². The minimum Gasteiger partial charge on any atom is -0.478 e. The number of amides is 2. The number of nitrogens with two attached hydrogens (primary N) is 1. The van der Waals surface area contributed by atoms with Crippen molar-refractivity contribution in [2.75, 3.05) is 38.5 Å². The van der Waals surface area contributed by atoms with E-state index in [4.69, 9.17) is 10.6 Å². The summed E-state index contributed by atoms with van der Waals surface area (Å²) in [6.07, 6.45) is 2.19. The molecule has 6 N–H and O–H groups in total. The quantitative estimate of drug-likeness (QED) is 0.0721. The van der Waals surface area contributed by atoms with Crippen LogP contribution in [0.5, 0.6) is 0 Å². The van der Waals surface area contributed by atoms with Crippen molar-refractivity contribution in [2.45, 2.75) is 44.5 Å². The van der Waals surface area contributed by atoms with E-state index in [0.717, 1.165) is 44.1 Å². The molecule has 224 valence electrons. The molecule has 2 fully saturated rings. The molecule has 0 saturated carbocycles. The topological polar surface area (TPSA) is 248 Å². The smallest absolute Gasteiger partial charge is 0.362 e. The van der Waals surface area contributed by atoms with Crippen molar-refractivity contribution < 1.29 is 37.3 Å². The molecule has 4 rings (SSSR count). The van der Waals surface area contributed by atoms with Crippen molar-refractivity contribution in [1.82, 2.24) is 39.8 Å². The lowest BCUT2D eigenvalue weighted by molar-refractivity contribution is -0.161. The second-order valence-electron chi connectivity index (χ2n) is 9.82. The summed E-state index contributed by atoms with van der Waals surface area (Å²) in [5, 5.41) is 28.2. The van der Waals surface area contributed by atoms with Gasteiger partial charge in [0.05, 0.1) is 18.3 Å². The molecule has 4 heterocycles. The Labute approximate surface area is 238 Å². The van der Waals surface area contributed by atoms with Gasteiger partial charge in [-0.15, -0.1) is 16.4 Å². The van der Waals surface area contributed by atoms with Gasteiger partial charge in [-0.3, -0.25) is 18.8 Å². The number of hydrogen-bond donors (Lipinski definition) is 5. The second kappa shape index (κ2) is 12.0. The Hall–Kier alpha value is -3.72. The van der Waals surface area contributed by atoms with E-state index in [0.29, 0.717) is 12.1 Å². The monoisotopic (exact) mass is 614 g/mol. The number of aliphatic carboxylic acids is 1. The fraction of sp³-hybridized carbons (Fsp3) is 0.571. The average Bonchev–Trinajstić information content (AvgIpc) is 3.54. The van der Waals surface area contributed by atoms with Crippen molar-refractivity contribution in [1.29, 1.82) is 0 Å². The maximum Gasteiger partial charge on any atom is 0.362 e. The number of rotatable bonds is 12. The maximum atomic E-state index is 13.2. The third-order valence-corrected chi connectivity index (χ3v) is 8.04.